The van der Waals surface area contributed by atoms with Gasteiger partial charge in [-0.2, -0.15) is 0 Å². The number of carbonyl (C=O) groups is 2. The van der Waals surface area contributed by atoms with Gasteiger partial charge >= 0.3 is 0 Å². The SMILES string of the molecule is CCC(C)Oc1cc2c(cc1OC)CC(=O)N(c1ccc(C(C)C(CCC(C)=O)CC3CCCCC3)cc1)C2c1ccc(Cl)cc1. The van der Waals surface area contributed by atoms with E-state index in [1.165, 1.54) is 44.1 Å². The number of benzene rings is 3. The molecule has 1 fully saturated rings. The Hall–Kier alpha value is -3.31. The zero-order valence-corrected chi connectivity index (χ0v) is 28.9. The second kappa shape index (κ2) is 15.5. The van der Waals surface area contributed by atoms with Crippen molar-refractivity contribution in [2.24, 2.45) is 11.8 Å². The van der Waals surface area contributed by atoms with E-state index in [0.29, 0.717) is 34.8 Å². The standard InChI is InChI=1S/C40H50ClNO4/c1-6-27(3)46-38-25-36-33(23-37(38)45-5)24-39(44)42(40(36)31-14-18-34(41)19-15-31)35-20-16-30(17-21-35)28(4)32(13-12-26(2)43)22-29-10-8-7-9-11-29/h14-21,23,25,27-29,32,40H,6-13,22,24H2,1-5H3. The predicted octanol–water partition coefficient (Wildman–Crippen LogP) is 10.3. The van der Waals surface area contributed by atoms with Crippen LogP contribution >= 0.6 is 11.6 Å². The molecule has 1 aliphatic carbocycles. The van der Waals surface area contributed by atoms with Crippen LogP contribution in [0.5, 0.6) is 11.5 Å². The number of hydrogen-bond acceptors (Lipinski definition) is 4. The zero-order valence-electron chi connectivity index (χ0n) is 28.2. The number of Topliss-reactive ketones (excluding diaryl/α,β-unsaturated/α-hetero) is 1. The van der Waals surface area contributed by atoms with Crippen molar-refractivity contribution in [1.29, 1.82) is 0 Å². The van der Waals surface area contributed by atoms with Crippen LogP contribution in [0.1, 0.15) is 120 Å². The summed E-state index contributed by atoms with van der Waals surface area (Å²) >= 11 is 6.31. The predicted molar refractivity (Wildman–Crippen MR) is 187 cm³/mol. The second-order valence-corrected chi connectivity index (χ2v) is 14.0. The highest BCUT2D eigenvalue weighted by Crippen LogP contribution is 2.45. The van der Waals surface area contributed by atoms with Crippen molar-refractivity contribution in [3.8, 4) is 11.5 Å². The molecule has 4 atom stereocenters. The van der Waals surface area contributed by atoms with E-state index < -0.39 is 0 Å². The fourth-order valence-corrected chi connectivity index (χ4v) is 7.52. The lowest BCUT2D eigenvalue weighted by Crippen LogP contribution is -2.41. The highest BCUT2D eigenvalue weighted by Gasteiger charge is 2.36. The fraction of sp³-hybridized carbons (Fsp3) is 0.500. The van der Waals surface area contributed by atoms with E-state index in [9.17, 15) is 9.59 Å². The maximum absolute atomic E-state index is 14.0. The van der Waals surface area contributed by atoms with Gasteiger partial charge in [-0.3, -0.25) is 4.79 Å². The Bertz CT molecular complexity index is 1480. The average molecular weight is 644 g/mol. The van der Waals surface area contributed by atoms with E-state index in [-0.39, 0.29) is 30.3 Å². The molecule has 5 rings (SSSR count). The van der Waals surface area contributed by atoms with E-state index in [2.05, 4.69) is 44.2 Å². The summed E-state index contributed by atoms with van der Waals surface area (Å²) in [6.07, 6.45) is 10.5. The van der Waals surface area contributed by atoms with Crippen molar-refractivity contribution in [1.82, 2.24) is 0 Å². The Labute approximate surface area is 280 Å². The molecule has 6 heteroatoms. The molecule has 4 unspecified atom stereocenters. The Balaban J connectivity index is 1.49. The molecule has 46 heavy (non-hydrogen) atoms. The molecule has 2 aliphatic rings. The van der Waals surface area contributed by atoms with Crippen molar-refractivity contribution < 1.29 is 19.1 Å². The van der Waals surface area contributed by atoms with Crippen molar-refractivity contribution in [3.05, 3.63) is 87.9 Å². The number of halogens is 1. The van der Waals surface area contributed by atoms with E-state index in [1.807, 2.05) is 42.2 Å². The first-order valence-electron chi connectivity index (χ1n) is 17.2. The van der Waals surface area contributed by atoms with Gasteiger partial charge in [-0.05, 0) is 110 Å². The molecule has 3 aromatic rings. The van der Waals surface area contributed by atoms with E-state index in [0.717, 1.165) is 41.1 Å². The molecule has 0 N–H and O–H groups in total. The normalized spacial score (nSPS) is 18.9. The molecular weight excluding hydrogens is 594 g/mol. The van der Waals surface area contributed by atoms with Crippen molar-refractivity contribution in [2.45, 2.75) is 110 Å². The lowest BCUT2D eigenvalue weighted by Gasteiger charge is -2.38. The van der Waals surface area contributed by atoms with Crippen LogP contribution in [-0.2, 0) is 16.0 Å². The van der Waals surface area contributed by atoms with Crippen molar-refractivity contribution >= 4 is 29.0 Å². The van der Waals surface area contributed by atoms with Crippen LogP contribution < -0.4 is 14.4 Å². The van der Waals surface area contributed by atoms with Crippen molar-refractivity contribution in [2.75, 3.05) is 12.0 Å². The van der Waals surface area contributed by atoms with Gasteiger partial charge in [0.05, 0.1) is 25.7 Å². The lowest BCUT2D eigenvalue weighted by molar-refractivity contribution is -0.119. The number of methoxy groups -OCH3 is 1. The Kier molecular flexibility index (Phi) is 11.5. The first-order chi connectivity index (χ1) is 22.2. The summed E-state index contributed by atoms with van der Waals surface area (Å²) in [5, 5.41) is 0.652. The maximum Gasteiger partial charge on any atom is 0.232 e. The lowest BCUT2D eigenvalue weighted by atomic mass is 9.75. The van der Waals surface area contributed by atoms with Crippen LogP contribution in [0.15, 0.2) is 60.7 Å². The molecular formula is C40H50ClNO4. The number of rotatable bonds is 13. The summed E-state index contributed by atoms with van der Waals surface area (Å²) in [5.41, 5.74) is 5.06. The summed E-state index contributed by atoms with van der Waals surface area (Å²) in [5.74, 6) is 3.16. The summed E-state index contributed by atoms with van der Waals surface area (Å²) in [6.45, 7) is 8.16. The van der Waals surface area contributed by atoms with Crippen LogP contribution in [0.2, 0.25) is 5.02 Å². The van der Waals surface area contributed by atoms with Crippen LogP contribution in [-0.4, -0.2) is 24.9 Å². The van der Waals surface area contributed by atoms with Crippen LogP contribution in [0.3, 0.4) is 0 Å². The number of ketones is 1. The summed E-state index contributed by atoms with van der Waals surface area (Å²) in [4.78, 5) is 27.9. The second-order valence-electron chi connectivity index (χ2n) is 13.6. The minimum atomic E-state index is -0.350. The van der Waals surface area contributed by atoms with Gasteiger partial charge in [0.2, 0.25) is 5.91 Å². The zero-order chi connectivity index (χ0) is 32.8. The quantitative estimate of drug-likeness (QED) is 0.186. The van der Waals surface area contributed by atoms with E-state index in [4.69, 9.17) is 21.1 Å². The van der Waals surface area contributed by atoms with Crippen LogP contribution in [0.4, 0.5) is 5.69 Å². The molecule has 3 aromatic carbocycles. The van der Waals surface area contributed by atoms with Gasteiger partial charge in [-0.15, -0.1) is 0 Å². The molecule has 246 valence electrons. The molecule has 1 saturated carbocycles. The molecule has 5 nitrogen and oxygen atoms in total. The molecule has 1 amide bonds. The van der Waals surface area contributed by atoms with Gasteiger partial charge in [0, 0.05) is 17.1 Å². The third-order valence-electron chi connectivity index (χ3n) is 10.3. The fourth-order valence-electron chi connectivity index (χ4n) is 7.40. The van der Waals surface area contributed by atoms with Gasteiger partial charge in [-0.1, -0.05) is 81.8 Å². The van der Waals surface area contributed by atoms with Gasteiger partial charge < -0.3 is 19.2 Å². The average Bonchev–Trinajstić information content (AvgIpc) is 3.06. The van der Waals surface area contributed by atoms with Gasteiger partial charge in [0.15, 0.2) is 11.5 Å². The number of carbonyl (C=O) groups excluding carboxylic acids is 2. The molecule has 0 spiro atoms. The topological polar surface area (TPSA) is 55.8 Å². The molecule has 0 saturated heterocycles. The number of hydrogen-bond donors (Lipinski definition) is 0. The smallest absolute Gasteiger partial charge is 0.232 e. The number of nitrogens with zero attached hydrogens (tertiary/aromatic N) is 1. The monoisotopic (exact) mass is 643 g/mol. The number of anilines is 1. The number of ether oxygens (including phenoxy) is 2. The Morgan fingerprint density at radius 2 is 1.67 bits per heavy atom. The highest BCUT2D eigenvalue weighted by molar-refractivity contribution is 6.30. The minimum absolute atomic E-state index is 0.0224. The first-order valence-corrected chi connectivity index (χ1v) is 17.6. The van der Waals surface area contributed by atoms with Crippen LogP contribution in [0.25, 0.3) is 0 Å². The van der Waals surface area contributed by atoms with E-state index >= 15 is 0 Å². The molecule has 1 heterocycles. The number of amides is 1. The summed E-state index contributed by atoms with van der Waals surface area (Å²) in [6, 6.07) is 20.0. The first kappa shape index (κ1) is 34.0. The maximum atomic E-state index is 14.0. The van der Waals surface area contributed by atoms with Gasteiger partial charge in [-0.25, -0.2) is 0 Å². The Morgan fingerprint density at radius 1 is 0.978 bits per heavy atom. The Morgan fingerprint density at radius 3 is 2.30 bits per heavy atom. The highest BCUT2D eigenvalue weighted by atomic mass is 35.5. The van der Waals surface area contributed by atoms with Gasteiger partial charge in [0.25, 0.3) is 0 Å². The molecule has 0 radical (unpaired) electrons. The van der Waals surface area contributed by atoms with Crippen LogP contribution in [0, 0.1) is 11.8 Å². The third-order valence-corrected chi connectivity index (χ3v) is 10.6. The van der Waals surface area contributed by atoms with E-state index in [1.54, 1.807) is 14.0 Å². The van der Waals surface area contributed by atoms with Gasteiger partial charge in [0.1, 0.15) is 5.78 Å². The third kappa shape index (κ3) is 7.97. The number of fused-ring (bicyclic) bond motifs is 1. The largest absolute Gasteiger partial charge is 0.493 e. The molecule has 0 bridgehead atoms. The molecule has 0 aromatic heterocycles. The van der Waals surface area contributed by atoms with Crippen molar-refractivity contribution in [3.63, 3.8) is 0 Å². The minimum Gasteiger partial charge on any atom is -0.493 e. The summed E-state index contributed by atoms with van der Waals surface area (Å²) in [7, 11) is 1.64. The molecule has 1 aliphatic heterocycles. The summed E-state index contributed by atoms with van der Waals surface area (Å²) < 4.78 is 12.0.